The maximum absolute atomic E-state index is 13.1. The quantitative estimate of drug-likeness (QED) is 0.0222. The predicted molar refractivity (Wildman–Crippen MR) is 428 cm³/mol. The first-order valence-corrected chi connectivity index (χ1v) is 46.7. The van der Waals surface area contributed by atoms with Crippen LogP contribution in [-0.2, 0) is 65.4 Å². The summed E-state index contributed by atoms with van der Waals surface area (Å²) < 4.78 is 68.8. The summed E-state index contributed by atoms with van der Waals surface area (Å²) in [4.78, 5) is 73.1. The molecule has 618 valence electrons. The van der Waals surface area contributed by atoms with Crippen molar-refractivity contribution in [1.82, 2.24) is 0 Å². The van der Waals surface area contributed by atoms with Gasteiger partial charge in [-0.3, -0.25) is 37.3 Å². The lowest BCUT2D eigenvalue weighted by molar-refractivity contribution is -0.161. The molecule has 5 atom stereocenters. The highest BCUT2D eigenvalue weighted by molar-refractivity contribution is 7.47. The Kier molecular flexibility index (Phi) is 72.5. The van der Waals surface area contributed by atoms with E-state index in [0.717, 1.165) is 114 Å². The van der Waals surface area contributed by atoms with Gasteiger partial charge < -0.3 is 33.8 Å². The van der Waals surface area contributed by atoms with Crippen LogP contribution in [0.5, 0.6) is 0 Å². The molecule has 19 heteroatoms. The minimum Gasteiger partial charge on any atom is -0.462 e. The number of ether oxygens (including phenoxy) is 4. The first-order valence-electron chi connectivity index (χ1n) is 43.7. The van der Waals surface area contributed by atoms with Gasteiger partial charge in [-0.15, -0.1) is 0 Å². The zero-order chi connectivity index (χ0) is 76.7. The minimum atomic E-state index is -4.96. The van der Waals surface area contributed by atoms with E-state index < -0.39 is 97.5 Å². The van der Waals surface area contributed by atoms with E-state index in [1.807, 2.05) is 0 Å². The van der Waals surface area contributed by atoms with Crippen molar-refractivity contribution in [3.05, 3.63) is 0 Å². The summed E-state index contributed by atoms with van der Waals surface area (Å²) in [6.45, 7) is 14.3. The third kappa shape index (κ3) is 78.2. The summed E-state index contributed by atoms with van der Waals surface area (Å²) in [6, 6.07) is 0. The van der Waals surface area contributed by atoms with Gasteiger partial charge in [-0.1, -0.05) is 389 Å². The van der Waals surface area contributed by atoms with E-state index in [-0.39, 0.29) is 25.7 Å². The van der Waals surface area contributed by atoms with Crippen molar-refractivity contribution < 1.29 is 80.2 Å². The number of phosphoric ester groups is 2. The number of hydrogen-bond acceptors (Lipinski definition) is 15. The summed E-state index contributed by atoms with van der Waals surface area (Å²) in [5, 5.41) is 10.7. The number of rotatable bonds is 82. The van der Waals surface area contributed by atoms with Crippen molar-refractivity contribution in [1.29, 1.82) is 0 Å². The molecule has 0 aliphatic heterocycles. The lowest BCUT2D eigenvalue weighted by Gasteiger charge is -2.21. The molecule has 3 unspecified atom stereocenters. The molecule has 0 amide bonds. The molecule has 0 spiro atoms. The second-order valence-corrected chi connectivity index (χ2v) is 35.4. The van der Waals surface area contributed by atoms with Gasteiger partial charge in [0.25, 0.3) is 0 Å². The Morgan fingerprint density at radius 1 is 0.240 bits per heavy atom. The molecule has 0 radical (unpaired) electrons. The van der Waals surface area contributed by atoms with Gasteiger partial charge in [0.15, 0.2) is 12.2 Å². The third-order valence-corrected chi connectivity index (χ3v) is 21.7. The molecule has 0 aromatic carbocycles. The summed E-state index contributed by atoms with van der Waals surface area (Å²) >= 11 is 0. The van der Waals surface area contributed by atoms with Crippen molar-refractivity contribution in [3.63, 3.8) is 0 Å². The van der Waals surface area contributed by atoms with Gasteiger partial charge in [-0.25, -0.2) is 9.13 Å². The summed E-state index contributed by atoms with van der Waals surface area (Å²) in [5.41, 5.74) is 0. The predicted octanol–water partition coefficient (Wildman–Crippen LogP) is 25.6. The molecule has 104 heavy (non-hydrogen) atoms. The van der Waals surface area contributed by atoms with Crippen LogP contribution in [0.1, 0.15) is 441 Å². The number of hydrogen-bond donors (Lipinski definition) is 3. The third-order valence-electron chi connectivity index (χ3n) is 19.8. The number of phosphoric acid groups is 2. The SMILES string of the molecule is CC(C)CCCCCCCCCCCCCCCCCCCCC(=O)O[C@H](COC(=O)CCCCCCCCCC(C)C)COP(=O)(O)OCC(O)COP(=O)(O)OC[C@@H](COC(=O)CCCCCCCCCCCCCCCCCCC(C)C)OC(=O)CCCCCCCCCCCCCC(C)C. The Bertz CT molecular complexity index is 2020. The molecule has 0 aliphatic carbocycles. The van der Waals surface area contributed by atoms with Crippen LogP contribution in [-0.4, -0.2) is 96.7 Å². The summed E-state index contributed by atoms with van der Waals surface area (Å²) in [7, 11) is -9.93. The van der Waals surface area contributed by atoms with Crippen molar-refractivity contribution >= 4 is 39.5 Å². The van der Waals surface area contributed by atoms with Crippen LogP contribution < -0.4 is 0 Å². The minimum absolute atomic E-state index is 0.107. The second-order valence-electron chi connectivity index (χ2n) is 32.5. The highest BCUT2D eigenvalue weighted by Crippen LogP contribution is 2.45. The largest absolute Gasteiger partial charge is 0.472 e. The normalized spacial score (nSPS) is 14.0. The van der Waals surface area contributed by atoms with Crippen molar-refractivity contribution in [3.8, 4) is 0 Å². The van der Waals surface area contributed by atoms with E-state index in [1.165, 1.54) is 238 Å². The first kappa shape index (κ1) is 102. The fourth-order valence-corrected chi connectivity index (χ4v) is 14.7. The zero-order valence-electron chi connectivity index (χ0n) is 68.7. The van der Waals surface area contributed by atoms with Crippen molar-refractivity contribution in [2.75, 3.05) is 39.6 Å². The molecule has 0 saturated heterocycles. The maximum atomic E-state index is 13.1. The second kappa shape index (κ2) is 73.8. The van der Waals surface area contributed by atoms with E-state index >= 15 is 0 Å². The highest BCUT2D eigenvalue weighted by atomic mass is 31.2. The number of aliphatic hydroxyl groups is 1. The highest BCUT2D eigenvalue weighted by Gasteiger charge is 2.30. The number of carbonyl (C=O) groups excluding carboxylic acids is 4. The van der Waals surface area contributed by atoms with E-state index in [0.29, 0.717) is 31.6 Å². The fraction of sp³-hybridized carbons (Fsp3) is 0.953. The van der Waals surface area contributed by atoms with Crippen LogP contribution in [0.25, 0.3) is 0 Å². The molecule has 0 fully saturated rings. The van der Waals surface area contributed by atoms with Gasteiger partial charge in [0.1, 0.15) is 19.3 Å². The standard InChI is InChI=1S/C85H166O17P2/c1-75(2)61-53-45-37-30-24-19-15-11-9-10-12-18-22-28-34-42-51-59-67-84(89)102-81(72-96-83(88)66-58-50-44-36-40-48-56-64-78(7)8)74-100-104(93,94)98-70-79(86)69-97-103(91,92)99-73-80(101-85(90)68-60-52-43-35-29-23-26-32-39-47-55-63-77(5)6)71-95-82(87)65-57-49-41-33-27-21-17-14-13-16-20-25-31-38-46-54-62-76(3)4/h75-81,86H,9-74H2,1-8H3,(H,91,92)(H,93,94)/t79?,80-,81-/m1/s1. The van der Waals surface area contributed by atoms with Gasteiger partial charge in [0, 0.05) is 25.7 Å². The molecule has 0 aliphatic rings. The number of carbonyl (C=O) groups is 4. The Balaban J connectivity index is 5.19. The molecule has 0 rings (SSSR count). The molecule has 0 aromatic rings. The number of unbranched alkanes of at least 4 members (excludes halogenated alkanes) is 48. The molecule has 3 N–H and O–H groups in total. The average Bonchev–Trinajstić information content (AvgIpc) is 0.912. The van der Waals surface area contributed by atoms with Gasteiger partial charge in [0.2, 0.25) is 0 Å². The van der Waals surface area contributed by atoms with E-state index in [9.17, 15) is 43.2 Å². The maximum Gasteiger partial charge on any atom is 0.472 e. The number of aliphatic hydroxyl groups excluding tert-OH is 1. The Morgan fingerprint density at radius 2 is 0.404 bits per heavy atom. The molecule has 0 aromatic heterocycles. The van der Waals surface area contributed by atoms with Gasteiger partial charge >= 0.3 is 39.5 Å². The summed E-state index contributed by atoms with van der Waals surface area (Å²) in [5.74, 6) is 0.993. The molecular weight excluding hydrogens is 1350 g/mol. The van der Waals surface area contributed by atoms with E-state index in [2.05, 4.69) is 55.4 Å². The van der Waals surface area contributed by atoms with Crippen LogP contribution in [0, 0.1) is 23.7 Å². The van der Waals surface area contributed by atoms with Crippen LogP contribution in [0.15, 0.2) is 0 Å². The van der Waals surface area contributed by atoms with E-state index in [1.54, 1.807) is 0 Å². The average molecular weight is 1520 g/mol. The molecule has 0 bridgehead atoms. The van der Waals surface area contributed by atoms with Gasteiger partial charge in [0.05, 0.1) is 26.4 Å². The molecule has 0 heterocycles. The van der Waals surface area contributed by atoms with Crippen molar-refractivity contribution in [2.24, 2.45) is 23.7 Å². The zero-order valence-corrected chi connectivity index (χ0v) is 70.5. The fourth-order valence-electron chi connectivity index (χ4n) is 13.1. The molecule has 0 saturated carbocycles. The van der Waals surface area contributed by atoms with Crippen LogP contribution in [0.3, 0.4) is 0 Å². The molecule has 17 nitrogen and oxygen atoms in total. The van der Waals surface area contributed by atoms with Gasteiger partial charge in [-0.05, 0) is 49.4 Å². The number of esters is 4. The molecular formula is C85H166O17P2. The Labute approximate surface area is 638 Å². The monoisotopic (exact) mass is 1520 g/mol. The summed E-state index contributed by atoms with van der Waals surface area (Å²) in [6.07, 6.45) is 62.6. The Morgan fingerprint density at radius 3 is 0.596 bits per heavy atom. The Hall–Kier alpha value is -1.94. The van der Waals surface area contributed by atoms with Crippen LogP contribution >= 0.6 is 15.6 Å². The van der Waals surface area contributed by atoms with Crippen molar-refractivity contribution in [2.45, 2.75) is 459 Å². The smallest absolute Gasteiger partial charge is 0.462 e. The van der Waals surface area contributed by atoms with Crippen LogP contribution in [0.2, 0.25) is 0 Å². The lowest BCUT2D eigenvalue weighted by Crippen LogP contribution is -2.30. The van der Waals surface area contributed by atoms with Gasteiger partial charge in [-0.2, -0.15) is 0 Å². The van der Waals surface area contributed by atoms with E-state index in [4.69, 9.17) is 37.0 Å². The van der Waals surface area contributed by atoms with Crippen LogP contribution in [0.4, 0.5) is 0 Å². The topological polar surface area (TPSA) is 237 Å². The lowest BCUT2D eigenvalue weighted by atomic mass is 10.0. The first-order chi connectivity index (χ1) is 50.1.